The highest BCUT2D eigenvalue weighted by Crippen LogP contribution is 2.39. The topological polar surface area (TPSA) is 46.2 Å². The van der Waals surface area contributed by atoms with Crippen molar-refractivity contribution in [1.82, 2.24) is 0 Å². The highest BCUT2D eigenvalue weighted by atomic mass is 32.1. The van der Waals surface area contributed by atoms with Gasteiger partial charge in [-0.2, -0.15) is 0 Å². The molecular formula is C38H56O5S. The van der Waals surface area contributed by atoms with Crippen molar-refractivity contribution in [1.29, 1.82) is 0 Å². The van der Waals surface area contributed by atoms with Crippen LogP contribution in [-0.4, -0.2) is 57.5 Å². The second kappa shape index (κ2) is 19.0. The minimum atomic E-state index is -0.271. The molecule has 1 aromatic heterocycles. The van der Waals surface area contributed by atoms with Crippen LogP contribution in [0.5, 0.6) is 0 Å². The Morgan fingerprint density at radius 3 is 2.02 bits per heavy atom. The van der Waals surface area contributed by atoms with Gasteiger partial charge in [-0.05, 0) is 60.7 Å². The summed E-state index contributed by atoms with van der Waals surface area (Å²) in [6.07, 6.45) is 8.04. The van der Waals surface area contributed by atoms with E-state index in [9.17, 15) is 0 Å². The molecule has 0 unspecified atom stereocenters. The Morgan fingerprint density at radius 1 is 0.705 bits per heavy atom. The van der Waals surface area contributed by atoms with E-state index in [1.807, 2.05) is 11.3 Å². The minimum Gasteiger partial charge on any atom is -0.379 e. The lowest BCUT2D eigenvalue weighted by atomic mass is 9.89. The van der Waals surface area contributed by atoms with Crippen LogP contribution in [0.25, 0.3) is 10.1 Å². The third-order valence-electron chi connectivity index (χ3n) is 8.57. The number of fused-ring (bicyclic) bond motifs is 1. The molecule has 2 heterocycles. The summed E-state index contributed by atoms with van der Waals surface area (Å²) in [6, 6.07) is 17.6. The summed E-state index contributed by atoms with van der Waals surface area (Å²) in [5.74, 6) is 0. The molecular weight excluding hydrogens is 568 g/mol. The van der Waals surface area contributed by atoms with Gasteiger partial charge in [0, 0.05) is 42.4 Å². The van der Waals surface area contributed by atoms with E-state index >= 15 is 0 Å². The van der Waals surface area contributed by atoms with E-state index in [1.54, 1.807) is 0 Å². The normalized spacial score (nSPS) is 22.2. The lowest BCUT2D eigenvalue weighted by molar-refractivity contribution is -0.268. The molecule has 1 fully saturated rings. The molecule has 6 heteroatoms. The minimum absolute atomic E-state index is 0.234. The SMILES string of the molecule is CCCCOC[C@H]1O[C@@H](c2cccc(Cc3sc4ccccc4c3C)c2)[C@H](OCCCC)[C@@H](OCCCC)[C@@H]1OCCCC. The van der Waals surface area contributed by atoms with Gasteiger partial charge in [0.05, 0.1) is 6.61 Å². The highest BCUT2D eigenvalue weighted by Gasteiger charge is 2.48. The van der Waals surface area contributed by atoms with Crippen molar-refractivity contribution in [3.63, 3.8) is 0 Å². The monoisotopic (exact) mass is 624 g/mol. The van der Waals surface area contributed by atoms with Crippen LogP contribution in [0.3, 0.4) is 0 Å². The smallest absolute Gasteiger partial charge is 0.117 e. The molecule has 0 aliphatic carbocycles. The number of thiophene rings is 1. The van der Waals surface area contributed by atoms with E-state index < -0.39 is 0 Å². The van der Waals surface area contributed by atoms with Crippen molar-refractivity contribution in [2.75, 3.05) is 33.0 Å². The Labute approximate surface area is 270 Å². The Hall–Kier alpha value is -1.80. The summed E-state index contributed by atoms with van der Waals surface area (Å²) < 4.78 is 34.6. The first kappa shape index (κ1) is 35.1. The second-order valence-electron chi connectivity index (χ2n) is 12.2. The van der Waals surface area contributed by atoms with Crippen molar-refractivity contribution in [2.45, 2.75) is 123 Å². The maximum absolute atomic E-state index is 7.00. The van der Waals surface area contributed by atoms with Gasteiger partial charge in [0.15, 0.2) is 0 Å². The number of hydrogen-bond donors (Lipinski definition) is 0. The Morgan fingerprint density at radius 2 is 1.34 bits per heavy atom. The first-order valence-electron chi connectivity index (χ1n) is 17.2. The lowest BCUT2D eigenvalue weighted by Gasteiger charge is -2.46. The average molecular weight is 625 g/mol. The van der Waals surface area contributed by atoms with Crippen LogP contribution >= 0.6 is 11.3 Å². The van der Waals surface area contributed by atoms with Gasteiger partial charge in [-0.25, -0.2) is 0 Å². The van der Waals surface area contributed by atoms with Gasteiger partial charge < -0.3 is 23.7 Å². The van der Waals surface area contributed by atoms with Crippen LogP contribution in [0.2, 0.25) is 0 Å². The third kappa shape index (κ3) is 9.60. The fourth-order valence-corrected chi connectivity index (χ4v) is 7.13. The fourth-order valence-electron chi connectivity index (χ4n) is 5.89. The van der Waals surface area contributed by atoms with Gasteiger partial charge in [-0.3, -0.25) is 0 Å². The van der Waals surface area contributed by atoms with Crippen molar-refractivity contribution >= 4 is 21.4 Å². The van der Waals surface area contributed by atoms with Crippen LogP contribution in [0.4, 0.5) is 0 Å². The lowest BCUT2D eigenvalue weighted by Crippen LogP contribution is -2.58. The Bertz CT molecular complexity index is 1220. The molecule has 3 aromatic rings. The predicted octanol–water partition coefficient (Wildman–Crippen LogP) is 9.61. The average Bonchev–Trinajstić information content (AvgIpc) is 3.35. The first-order chi connectivity index (χ1) is 21.6. The summed E-state index contributed by atoms with van der Waals surface area (Å²) in [6.45, 7) is 14.3. The van der Waals surface area contributed by atoms with Gasteiger partial charge in [-0.1, -0.05) is 95.8 Å². The van der Waals surface area contributed by atoms with E-state index in [4.69, 9.17) is 23.7 Å². The molecule has 0 N–H and O–H groups in total. The standard InChI is InChI=1S/C38H56O5S/c1-6-10-21-39-27-32-36(40-22-11-7-2)38(42-24-13-9-4)37(41-23-12-8-3)35(43-32)30-18-16-17-29(25-30)26-34-28(5)31-19-14-15-20-33(31)44-34/h14-20,25,32,35-38H,6-13,21-24,26-27H2,1-5H3/t32-,35+,36-,37+,38+/m1/s1. The summed E-state index contributed by atoms with van der Waals surface area (Å²) >= 11 is 1.90. The molecule has 44 heavy (non-hydrogen) atoms. The van der Waals surface area contributed by atoms with Gasteiger partial charge in [-0.15, -0.1) is 11.3 Å². The molecule has 0 saturated carbocycles. The molecule has 0 bridgehead atoms. The van der Waals surface area contributed by atoms with Gasteiger partial charge >= 0.3 is 0 Å². The van der Waals surface area contributed by atoms with Crippen molar-refractivity contribution in [2.24, 2.45) is 0 Å². The number of aryl methyl sites for hydroxylation is 1. The van der Waals surface area contributed by atoms with Crippen LogP contribution < -0.4 is 0 Å². The van der Waals surface area contributed by atoms with E-state index in [1.165, 1.54) is 26.1 Å². The maximum Gasteiger partial charge on any atom is 0.117 e. The van der Waals surface area contributed by atoms with E-state index in [0.29, 0.717) is 26.4 Å². The molecule has 1 aliphatic heterocycles. The first-order valence-corrected chi connectivity index (χ1v) is 18.1. The van der Waals surface area contributed by atoms with Crippen LogP contribution in [0.15, 0.2) is 48.5 Å². The van der Waals surface area contributed by atoms with Crippen molar-refractivity contribution in [3.05, 3.63) is 70.1 Å². The zero-order chi connectivity index (χ0) is 31.1. The largest absolute Gasteiger partial charge is 0.379 e. The van der Waals surface area contributed by atoms with Crippen LogP contribution in [0, 0.1) is 6.92 Å². The molecule has 4 rings (SSSR count). The summed E-state index contributed by atoms with van der Waals surface area (Å²) in [5.41, 5.74) is 3.80. The van der Waals surface area contributed by atoms with Crippen LogP contribution in [0.1, 0.15) is 107 Å². The number of rotatable bonds is 20. The van der Waals surface area contributed by atoms with Gasteiger partial charge in [0.2, 0.25) is 0 Å². The summed E-state index contributed by atoms with van der Waals surface area (Å²) in [5, 5.41) is 1.36. The highest BCUT2D eigenvalue weighted by molar-refractivity contribution is 7.19. The molecule has 244 valence electrons. The number of unbranched alkanes of at least 4 members (excludes halogenated alkanes) is 4. The molecule has 0 spiro atoms. The summed E-state index contributed by atoms with van der Waals surface area (Å²) in [7, 11) is 0. The molecule has 0 radical (unpaired) electrons. The zero-order valence-corrected chi connectivity index (χ0v) is 28.7. The molecule has 1 saturated heterocycles. The molecule has 1 aliphatic rings. The Kier molecular flexibility index (Phi) is 15.1. The van der Waals surface area contributed by atoms with E-state index in [0.717, 1.165) is 70.0 Å². The van der Waals surface area contributed by atoms with Gasteiger partial charge in [0.25, 0.3) is 0 Å². The zero-order valence-electron chi connectivity index (χ0n) is 27.9. The van der Waals surface area contributed by atoms with Crippen molar-refractivity contribution in [3.8, 4) is 0 Å². The Balaban J connectivity index is 1.66. The van der Waals surface area contributed by atoms with E-state index in [2.05, 4.69) is 83.1 Å². The molecule has 5 atom stereocenters. The quantitative estimate of drug-likeness (QED) is 0.117. The second-order valence-corrected chi connectivity index (χ2v) is 13.3. The van der Waals surface area contributed by atoms with Gasteiger partial charge in [0.1, 0.15) is 30.5 Å². The van der Waals surface area contributed by atoms with E-state index in [-0.39, 0.29) is 30.5 Å². The molecule has 0 amide bonds. The van der Waals surface area contributed by atoms with Crippen LogP contribution in [-0.2, 0) is 30.1 Å². The van der Waals surface area contributed by atoms with Crippen molar-refractivity contribution < 1.29 is 23.7 Å². The molecule has 5 nitrogen and oxygen atoms in total. The predicted molar refractivity (Wildman–Crippen MR) is 183 cm³/mol. The number of benzene rings is 2. The maximum atomic E-state index is 7.00. The fraction of sp³-hybridized carbons (Fsp3) is 0.632. The number of hydrogen-bond acceptors (Lipinski definition) is 6. The third-order valence-corrected chi connectivity index (χ3v) is 9.84. The summed E-state index contributed by atoms with van der Waals surface area (Å²) in [4.78, 5) is 1.41. The number of ether oxygens (including phenoxy) is 5. The molecule has 2 aromatic carbocycles.